The predicted octanol–water partition coefficient (Wildman–Crippen LogP) is -0.656. The van der Waals surface area contributed by atoms with E-state index in [9.17, 15) is 0 Å². The lowest BCUT2D eigenvalue weighted by molar-refractivity contribution is 0.0626. The van der Waals surface area contributed by atoms with Gasteiger partial charge in [0.25, 0.3) is 0 Å². The zero-order chi connectivity index (χ0) is 7.56. The first-order chi connectivity index (χ1) is 4.74. The van der Waals surface area contributed by atoms with Gasteiger partial charge in [-0.1, -0.05) is 0 Å². The summed E-state index contributed by atoms with van der Waals surface area (Å²) < 4.78 is 0. The van der Waals surface area contributed by atoms with Crippen LogP contribution in [-0.2, 0) is 0 Å². The Morgan fingerprint density at radius 1 is 1.60 bits per heavy atom. The molecule has 0 saturated heterocycles. The molecule has 0 amide bonds. The summed E-state index contributed by atoms with van der Waals surface area (Å²) in [5, 5.41) is 6.98. The monoisotopic (exact) mass is 142 g/mol. The van der Waals surface area contributed by atoms with Gasteiger partial charge in [0.15, 0.2) is 0 Å². The maximum Gasteiger partial charge on any atom is 0.0593 e. The van der Waals surface area contributed by atoms with Gasteiger partial charge in [-0.05, 0) is 7.05 Å². The number of nitrogens with one attached hydrogen (secondary N) is 2. The molecule has 1 rings (SSSR count). The van der Waals surface area contributed by atoms with Crippen LogP contribution in [0, 0.1) is 0 Å². The molecule has 1 aliphatic heterocycles. The molecule has 0 unspecified atom stereocenters. The van der Waals surface area contributed by atoms with E-state index in [1.165, 1.54) is 5.70 Å². The fourth-order valence-corrected chi connectivity index (χ4v) is 0.903. The standard InChI is InChI=1S/C6H14N4/c1-7-4-6-5-9(2)10(3)8-6/h5,7-8H,4H2,1-3H3. The lowest BCUT2D eigenvalue weighted by atomic mass is 10.5. The van der Waals surface area contributed by atoms with Crippen LogP contribution in [0.5, 0.6) is 0 Å². The summed E-state index contributed by atoms with van der Waals surface area (Å²) in [5.74, 6) is 0. The lowest BCUT2D eigenvalue weighted by Gasteiger charge is -2.19. The van der Waals surface area contributed by atoms with Gasteiger partial charge in [-0.15, -0.1) is 5.12 Å². The van der Waals surface area contributed by atoms with E-state index in [-0.39, 0.29) is 0 Å². The Hall–Kier alpha value is -0.740. The summed E-state index contributed by atoms with van der Waals surface area (Å²) in [4.78, 5) is 0. The number of hydrogen-bond acceptors (Lipinski definition) is 4. The molecule has 2 N–H and O–H groups in total. The van der Waals surface area contributed by atoms with Crippen molar-refractivity contribution < 1.29 is 0 Å². The Kier molecular flexibility index (Phi) is 2.13. The SMILES string of the molecule is CNCC1=CN(C)N(C)N1. The summed E-state index contributed by atoms with van der Waals surface area (Å²) in [7, 11) is 5.90. The Labute approximate surface area is 61.4 Å². The van der Waals surface area contributed by atoms with Crippen LogP contribution in [0.4, 0.5) is 0 Å². The van der Waals surface area contributed by atoms with Gasteiger partial charge >= 0.3 is 0 Å². The minimum atomic E-state index is 0.884. The molecule has 0 saturated carbocycles. The number of nitrogens with zero attached hydrogens (tertiary/aromatic N) is 2. The number of rotatable bonds is 2. The maximum absolute atomic E-state index is 3.16. The van der Waals surface area contributed by atoms with Crippen LogP contribution < -0.4 is 10.7 Å². The Bertz CT molecular complexity index is 143. The highest BCUT2D eigenvalue weighted by Crippen LogP contribution is 2.02. The molecule has 0 bridgehead atoms. The molecule has 4 nitrogen and oxygen atoms in total. The zero-order valence-corrected chi connectivity index (χ0v) is 6.68. The van der Waals surface area contributed by atoms with Crippen LogP contribution in [-0.4, -0.2) is 37.8 Å². The van der Waals surface area contributed by atoms with Crippen LogP contribution in [0.2, 0.25) is 0 Å². The fraction of sp³-hybridized carbons (Fsp3) is 0.667. The normalized spacial score (nSPS) is 19.1. The average molecular weight is 142 g/mol. The van der Waals surface area contributed by atoms with E-state index in [0.717, 1.165) is 6.54 Å². The van der Waals surface area contributed by atoms with E-state index in [1.807, 2.05) is 31.3 Å². The number of likely N-dealkylation sites (N-methyl/N-ethyl adjacent to an activating group) is 1. The van der Waals surface area contributed by atoms with E-state index < -0.39 is 0 Å². The lowest BCUT2D eigenvalue weighted by Crippen LogP contribution is -2.37. The summed E-state index contributed by atoms with van der Waals surface area (Å²) in [6, 6.07) is 0. The summed E-state index contributed by atoms with van der Waals surface area (Å²) >= 11 is 0. The molecular weight excluding hydrogens is 128 g/mol. The quantitative estimate of drug-likeness (QED) is 0.536. The minimum Gasteiger partial charge on any atom is -0.314 e. The molecule has 4 heteroatoms. The Morgan fingerprint density at radius 2 is 2.30 bits per heavy atom. The van der Waals surface area contributed by atoms with Crippen molar-refractivity contribution in [3.63, 3.8) is 0 Å². The molecule has 1 heterocycles. The van der Waals surface area contributed by atoms with Crippen molar-refractivity contribution >= 4 is 0 Å². The molecule has 0 aromatic rings. The average Bonchev–Trinajstić information content (AvgIpc) is 2.14. The third-order valence-electron chi connectivity index (χ3n) is 1.49. The second-order valence-electron chi connectivity index (χ2n) is 2.39. The van der Waals surface area contributed by atoms with Crippen molar-refractivity contribution in [2.45, 2.75) is 0 Å². The van der Waals surface area contributed by atoms with Crippen LogP contribution >= 0.6 is 0 Å². The molecule has 0 aliphatic carbocycles. The second-order valence-corrected chi connectivity index (χ2v) is 2.39. The first-order valence-electron chi connectivity index (χ1n) is 3.32. The molecule has 0 aromatic heterocycles. The summed E-state index contributed by atoms with van der Waals surface area (Å²) in [5.41, 5.74) is 4.35. The summed E-state index contributed by atoms with van der Waals surface area (Å²) in [6.45, 7) is 0.884. The van der Waals surface area contributed by atoms with Crippen molar-refractivity contribution in [3.05, 3.63) is 11.9 Å². The first-order valence-corrected chi connectivity index (χ1v) is 3.32. The van der Waals surface area contributed by atoms with Crippen molar-refractivity contribution in [1.29, 1.82) is 0 Å². The fourth-order valence-electron chi connectivity index (χ4n) is 0.903. The van der Waals surface area contributed by atoms with Crippen LogP contribution in [0.25, 0.3) is 0 Å². The van der Waals surface area contributed by atoms with Gasteiger partial charge in [-0.2, -0.15) is 0 Å². The van der Waals surface area contributed by atoms with Crippen LogP contribution in [0.15, 0.2) is 11.9 Å². The van der Waals surface area contributed by atoms with Crippen LogP contribution in [0.3, 0.4) is 0 Å². The highest BCUT2D eigenvalue weighted by atomic mass is 15.8. The topological polar surface area (TPSA) is 30.5 Å². The minimum absolute atomic E-state index is 0.884. The van der Waals surface area contributed by atoms with Gasteiger partial charge in [0.2, 0.25) is 0 Å². The van der Waals surface area contributed by atoms with Gasteiger partial charge in [0, 0.05) is 26.8 Å². The van der Waals surface area contributed by atoms with Gasteiger partial charge in [0.05, 0.1) is 5.70 Å². The molecule has 1 aliphatic rings. The van der Waals surface area contributed by atoms with E-state index in [0.29, 0.717) is 0 Å². The molecule has 0 radical (unpaired) electrons. The van der Waals surface area contributed by atoms with Crippen molar-refractivity contribution in [3.8, 4) is 0 Å². The molecule has 10 heavy (non-hydrogen) atoms. The number of hydrogen-bond donors (Lipinski definition) is 2. The Balaban J connectivity index is 2.42. The highest BCUT2D eigenvalue weighted by molar-refractivity contribution is 5.02. The zero-order valence-electron chi connectivity index (χ0n) is 6.68. The van der Waals surface area contributed by atoms with Gasteiger partial charge < -0.3 is 10.7 Å². The second kappa shape index (κ2) is 2.90. The molecule has 0 spiro atoms. The predicted molar refractivity (Wildman–Crippen MR) is 40.7 cm³/mol. The Morgan fingerprint density at radius 3 is 2.70 bits per heavy atom. The van der Waals surface area contributed by atoms with Crippen molar-refractivity contribution in [2.75, 3.05) is 27.7 Å². The van der Waals surface area contributed by atoms with Gasteiger partial charge in [-0.3, -0.25) is 5.01 Å². The van der Waals surface area contributed by atoms with E-state index in [1.54, 1.807) is 0 Å². The molecule has 0 atom stereocenters. The van der Waals surface area contributed by atoms with Crippen LogP contribution in [0.1, 0.15) is 0 Å². The molecule has 0 aromatic carbocycles. The molecule has 0 fully saturated rings. The van der Waals surface area contributed by atoms with Gasteiger partial charge in [0.1, 0.15) is 0 Å². The maximum atomic E-state index is 3.16. The third-order valence-corrected chi connectivity index (χ3v) is 1.49. The largest absolute Gasteiger partial charge is 0.314 e. The third kappa shape index (κ3) is 1.40. The molecule has 58 valence electrons. The summed E-state index contributed by atoms with van der Waals surface area (Å²) in [6.07, 6.45) is 2.05. The van der Waals surface area contributed by atoms with E-state index >= 15 is 0 Å². The smallest absolute Gasteiger partial charge is 0.0593 e. The van der Waals surface area contributed by atoms with E-state index in [4.69, 9.17) is 0 Å². The van der Waals surface area contributed by atoms with Gasteiger partial charge in [-0.25, -0.2) is 0 Å². The van der Waals surface area contributed by atoms with Crippen molar-refractivity contribution in [2.24, 2.45) is 0 Å². The first kappa shape index (κ1) is 7.37. The number of hydrazine groups is 2. The van der Waals surface area contributed by atoms with E-state index in [2.05, 4.69) is 16.9 Å². The molecular formula is C6H14N4. The highest BCUT2D eigenvalue weighted by Gasteiger charge is 2.11. The van der Waals surface area contributed by atoms with Crippen molar-refractivity contribution in [1.82, 2.24) is 20.9 Å².